The van der Waals surface area contributed by atoms with Gasteiger partial charge in [0.05, 0.1) is 22.2 Å². The Morgan fingerprint density at radius 3 is 2.57 bits per heavy atom. The third kappa shape index (κ3) is 3.19. The Balaban J connectivity index is 1.82. The van der Waals surface area contributed by atoms with E-state index in [2.05, 4.69) is 5.32 Å². The van der Waals surface area contributed by atoms with Crippen LogP contribution >= 0.6 is 23.2 Å². The first kappa shape index (κ1) is 15.8. The predicted molar refractivity (Wildman–Crippen MR) is 92.2 cm³/mol. The largest absolute Gasteiger partial charge is 0.373 e. The molecule has 0 aliphatic carbocycles. The zero-order chi connectivity index (χ0) is 16.6. The summed E-state index contributed by atoms with van der Waals surface area (Å²) in [5.74, 6) is -0.496. The van der Waals surface area contributed by atoms with Gasteiger partial charge in [0.25, 0.3) is 5.91 Å². The summed E-state index contributed by atoms with van der Waals surface area (Å²) in [5, 5.41) is 3.88. The van der Waals surface area contributed by atoms with Gasteiger partial charge in [0.2, 0.25) is 5.91 Å². The van der Waals surface area contributed by atoms with Crippen molar-refractivity contribution >= 4 is 46.4 Å². The van der Waals surface area contributed by atoms with Crippen LogP contribution in [-0.2, 0) is 9.59 Å². The quantitative estimate of drug-likeness (QED) is 0.851. The molecule has 1 aliphatic rings. The molecule has 0 radical (unpaired) electrons. The maximum absolute atomic E-state index is 12.6. The van der Waals surface area contributed by atoms with Crippen LogP contribution in [0.5, 0.6) is 0 Å². The van der Waals surface area contributed by atoms with Gasteiger partial charge in [0.15, 0.2) is 0 Å². The summed E-state index contributed by atoms with van der Waals surface area (Å²) >= 11 is 11.9. The highest BCUT2D eigenvalue weighted by Crippen LogP contribution is 2.28. The molecule has 118 valence electrons. The molecule has 2 aromatic rings. The number of nitrogens with zero attached hydrogens (tertiary/aromatic N) is 1. The monoisotopic (exact) mass is 348 g/mol. The molecule has 1 N–H and O–H groups in total. The lowest BCUT2D eigenvalue weighted by Crippen LogP contribution is -2.34. The molecule has 1 atom stereocenters. The van der Waals surface area contributed by atoms with Gasteiger partial charge in [0.1, 0.15) is 6.04 Å². The van der Waals surface area contributed by atoms with Crippen LogP contribution in [0.1, 0.15) is 12.0 Å². The number of benzene rings is 2. The average molecular weight is 349 g/mol. The van der Waals surface area contributed by atoms with E-state index < -0.39 is 6.04 Å². The molecule has 2 amide bonds. The smallest absolute Gasteiger partial charge is 0.256 e. The molecular formula is C17H14Cl2N2O2. The van der Waals surface area contributed by atoms with E-state index in [4.69, 9.17) is 23.2 Å². The van der Waals surface area contributed by atoms with Gasteiger partial charge in [-0.15, -0.1) is 0 Å². The number of carbonyl (C=O) groups excluding carboxylic acids is 2. The Kier molecular flexibility index (Phi) is 4.28. The first-order valence-electron chi connectivity index (χ1n) is 7.11. The molecule has 3 rings (SSSR count). The summed E-state index contributed by atoms with van der Waals surface area (Å²) in [6.07, 6.45) is 0.104. The van der Waals surface area contributed by atoms with E-state index in [1.165, 1.54) is 4.90 Å². The minimum Gasteiger partial charge on any atom is -0.373 e. The normalized spacial score (nSPS) is 17.7. The minimum atomic E-state index is -0.611. The zero-order valence-corrected chi connectivity index (χ0v) is 13.9. The van der Waals surface area contributed by atoms with Crippen molar-refractivity contribution in [3.05, 3.63) is 58.1 Å². The van der Waals surface area contributed by atoms with Crippen molar-refractivity contribution in [1.82, 2.24) is 0 Å². The molecule has 4 nitrogen and oxygen atoms in total. The second-order valence-electron chi connectivity index (χ2n) is 5.44. The van der Waals surface area contributed by atoms with Crippen LogP contribution < -0.4 is 10.2 Å². The molecular weight excluding hydrogens is 335 g/mol. The van der Waals surface area contributed by atoms with Crippen molar-refractivity contribution in [1.29, 1.82) is 0 Å². The molecule has 0 spiro atoms. The molecule has 6 heteroatoms. The highest BCUT2D eigenvalue weighted by atomic mass is 35.5. The summed E-state index contributed by atoms with van der Waals surface area (Å²) < 4.78 is 0. The fourth-order valence-corrected chi connectivity index (χ4v) is 2.87. The number of aryl methyl sites for hydroxylation is 1. The van der Waals surface area contributed by atoms with Crippen LogP contribution in [0, 0.1) is 6.92 Å². The Hall–Kier alpha value is -2.04. The molecule has 2 aromatic carbocycles. The first-order valence-corrected chi connectivity index (χ1v) is 7.86. The van der Waals surface area contributed by atoms with Crippen LogP contribution in [0.3, 0.4) is 0 Å². The number of imide groups is 1. The van der Waals surface area contributed by atoms with E-state index in [1.54, 1.807) is 24.3 Å². The molecule has 1 fully saturated rings. The van der Waals surface area contributed by atoms with E-state index in [0.717, 1.165) is 5.56 Å². The number of nitrogens with one attached hydrogen (secondary N) is 1. The van der Waals surface area contributed by atoms with Gasteiger partial charge in [-0.05, 0) is 42.8 Å². The van der Waals surface area contributed by atoms with Gasteiger partial charge in [-0.3, -0.25) is 9.59 Å². The lowest BCUT2D eigenvalue weighted by molar-refractivity contribution is -0.121. The van der Waals surface area contributed by atoms with Crippen molar-refractivity contribution in [2.75, 3.05) is 10.2 Å². The van der Waals surface area contributed by atoms with Crippen molar-refractivity contribution < 1.29 is 9.59 Å². The number of amides is 2. The van der Waals surface area contributed by atoms with Gasteiger partial charge in [-0.1, -0.05) is 35.3 Å². The minimum absolute atomic E-state index is 0.104. The van der Waals surface area contributed by atoms with Crippen LogP contribution in [-0.4, -0.2) is 17.9 Å². The van der Waals surface area contributed by atoms with Gasteiger partial charge >= 0.3 is 0 Å². The number of rotatable bonds is 3. The second-order valence-corrected chi connectivity index (χ2v) is 6.25. The van der Waals surface area contributed by atoms with Gasteiger partial charge < -0.3 is 5.32 Å². The van der Waals surface area contributed by atoms with Gasteiger partial charge in [-0.2, -0.15) is 0 Å². The molecule has 23 heavy (non-hydrogen) atoms. The van der Waals surface area contributed by atoms with E-state index in [-0.39, 0.29) is 18.2 Å². The predicted octanol–water partition coefficient (Wildman–Crippen LogP) is 4.05. The Bertz CT molecular complexity index is 792. The zero-order valence-electron chi connectivity index (χ0n) is 12.3. The highest BCUT2D eigenvalue weighted by molar-refractivity contribution is 6.42. The number of hydrogen-bond donors (Lipinski definition) is 1. The maximum Gasteiger partial charge on any atom is 0.256 e. The lowest BCUT2D eigenvalue weighted by atomic mass is 10.2. The van der Waals surface area contributed by atoms with Crippen LogP contribution in [0.2, 0.25) is 10.0 Å². The number of hydrogen-bond acceptors (Lipinski definition) is 3. The van der Waals surface area contributed by atoms with E-state index in [0.29, 0.717) is 21.4 Å². The number of carbonyl (C=O) groups is 2. The van der Waals surface area contributed by atoms with Crippen LogP contribution in [0.25, 0.3) is 0 Å². The summed E-state index contributed by atoms with van der Waals surface area (Å²) in [4.78, 5) is 26.0. The summed E-state index contributed by atoms with van der Waals surface area (Å²) in [6, 6.07) is 11.7. The molecule has 1 aliphatic heterocycles. The van der Waals surface area contributed by atoms with Gasteiger partial charge in [0, 0.05) is 5.69 Å². The Morgan fingerprint density at radius 1 is 1.09 bits per heavy atom. The Labute approximate surface area is 144 Å². The third-order valence-electron chi connectivity index (χ3n) is 3.67. The molecule has 1 saturated heterocycles. The fraction of sp³-hybridized carbons (Fsp3) is 0.176. The summed E-state index contributed by atoms with van der Waals surface area (Å²) in [7, 11) is 0. The van der Waals surface area contributed by atoms with Crippen LogP contribution in [0.4, 0.5) is 11.4 Å². The summed E-state index contributed by atoms with van der Waals surface area (Å²) in [6.45, 7) is 1.92. The molecule has 0 bridgehead atoms. The second kappa shape index (κ2) is 6.22. The van der Waals surface area contributed by atoms with E-state index >= 15 is 0 Å². The third-order valence-corrected chi connectivity index (χ3v) is 4.41. The SMILES string of the molecule is Cc1cccc(N2C(=O)C[C@H](Nc3ccc(Cl)c(Cl)c3)C2=O)c1. The molecule has 0 unspecified atom stereocenters. The van der Waals surface area contributed by atoms with Crippen molar-refractivity contribution in [2.45, 2.75) is 19.4 Å². The first-order chi connectivity index (χ1) is 11.0. The summed E-state index contributed by atoms with van der Waals surface area (Å²) in [5.41, 5.74) is 2.24. The van der Waals surface area contributed by atoms with Gasteiger partial charge in [-0.25, -0.2) is 4.90 Å². The van der Waals surface area contributed by atoms with Crippen LogP contribution in [0.15, 0.2) is 42.5 Å². The average Bonchev–Trinajstić information content (AvgIpc) is 2.77. The van der Waals surface area contributed by atoms with E-state index in [9.17, 15) is 9.59 Å². The lowest BCUT2D eigenvalue weighted by Gasteiger charge is -2.16. The number of halogens is 2. The topological polar surface area (TPSA) is 49.4 Å². The standard InChI is InChI=1S/C17H14Cl2N2O2/c1-10-3-2-4-12(7-10)21-16(22)9-15(17(21)23)20-11-5-6-13(18)14(19)8-11/h2-8,15,20H,9H2,1H3/t15-/m0/s1. The van der Waals surface area contributed by atoms with Crippen molar-refractivity contribution in [2.24, 2.45) is 0 Å². The van der Waals surface area contributed by atoms with E-state index in [1.807, 2.05) is 25.1 Å². The highest BCUT2D eigenvalue weighted by Gasteiger charge is 2.39. The maximum atomic E-state index is 12.6. The number of anilines is 2. The molecule has 0 saturated carbocycles. The van der Waals surface area contributed by atoms with Crippen molar-refractivity contribution in [3.63, 3.8) is 0 Å². The fourth-order valence-electron chi connectivity index (χ4n) is 2.57. The van der Waals surface area contributed by atoms with Crippen molar-refractivity contribution in [3.8, 4) is 0 Å². The molecule has 1 heterocycles. The molecule has 0 aromatic heterocycles. The Morgan fingerprint density at radius 2 is 1.87 bits per heavy atom.